The zero-order valence-corrected chi connectivity index (χ0v) is 7.71. The molecule has 0 aliphatic rings. The molecule has 5 heteroatoms. The molecule has 0 fully saturated rings. The summed E-state index contributed by atoms with van der Waals surface area (Å²) in [4.78, 5) is 0. The van der Waals surface area contributed by atoms with Gasteiger partial charge in [0.25, 0.3) is 0 Å². The van der Waals surface area contributed by atoms with E-state index in [1.165, 1.54) is 18.2 Å². The first kappa shape index (κ1) is 10.7. The smallest absolute Gasteiger partial charge is 0.387 e. The molecular weight excluding hydrogens is 212 g/mol. The molecule has 1 rings (SSSR count). The molecule has 0 aliphatic carbocycles. The Bertz CT molecular complexity index is 351. The maximum absolute atomic E-state index is 11.9. The van der Waals surface area contributed by atoms with E-state index in [0.29, 0.717) is 0 Å². The highest BCUT2D eigenvalue weighted by molar-refractivity contribution is 6.22. The van der Waals surface area contributed by atoms with Gasteiger partial charge in [0.15, 0.2) is 0 Å². The van der Waals surface area contributed by atoms with Gasteiger partial charge in [-0.2, -0.15) is 14.0 Å². The van der Waals surface area contributed by atoms with Crippen LogP contribution in [0.1, 0.15) is 10.9 Å². The van der Waals surface area contributed by atoms with Gasteiger partial charge in [-0.05, 0) is 6.07 Å². The second-order valence-electron chi connectivity index (χ2n) is 2.41. The molecule has 0 bridgehead atoms. The van der Waals surface area contributed by atoms with Crippen LogP contribution in [0.15, 0.2) is 24.3 Å². The predicted octanol–water partition coefficient (Wildman–Crippen LogP) is 3.09. The first-order chi connectivity index (χ1) is 6.65. The molecule has 1 aromatic carbocycles. The lowest BCUT2D eigenvalue weighted by Gasteiger charge is -2.09. The van der Waals surface area contributed by atoms with E-state index in [1.54, 1.807) is 12.1 Å². The van der Waals surface area contributed by atoms with E-state index in [2.05, 4.69) is 4.74 Å². The highest BCUT2D eigenvalue weighted by atomic mass is 35.5. The minimum absolute atomic E-state index is 0.0657. The molecule has 74 valence electrons. The van der Waals surface area contributed by atoms with Crippen molar-refractivity contribution in [3.63, 3.8) is 0 Å². The number of benzene rings is 1. The second kappa shape index (κ2) is 4.77. The molecule has 1 unspecified atom stereocenters. The topological polar surface area (TPSA) is 33.0 Å². The molecule has 2 nitrogen and oxygen atoms in total. The molecule has 0 spiro atoms. The lowest BCUT2D eigenvalue weighted by molar-refractivity contribution is -0.0503. The molecule has 14 heavy (non-hydrogen) atoms. The number of hydrogen-bond donors (Lipinski definition) is 0. The van der Waals surface area contributed by atoms with Crippen LogP contribution in [0, 0.1) is 11.3 Å². The average Bonchev–Trinajstić information content (AvgIpc) is 2.16. The van der Waals surface area contributed by atoms with Gasteiger partial charge in [-0.1, -0.05) is 18.2 Å². The lowest BCUT2D eigenvalue weighted by Crippen LogP contribution is -2.04. The maximum atomic E-state index is 11.9. The SMILES string of the molecule is N#CC(Cl)c1ccccc1OC(F)F. The van der Waals surface area contributed by atoms with Crippen LogP contribution in [0.3, 0.4) is 0 Å². The molecule has 0 amide bonds. The van der Waals surface area contributed by atoms with Crippen LogP contribution in [0.4, 0.5) is 8.78 Å². The highest BCUT2D eigenvalue weighted by Crippen LogP contribution is 2.29. The third kappa shape index (κ3) is 2.57. The Morgan fingerprint density at radius 2 is 2.00 bits per heavy atom. The van der Waals surface area contributed by atoms with Gasteiger partial charge in [0.1, 0.15) is 11.1 Å². The van der Waals surface area contributed by atoms with Crippen molar-refractivity contribution in [1.29, 1.82) is 5.26 Å². The van der Waals surface area contributed by atoms with Crippen molar-refractivity contribution >= 4 is 11.6 Å². The average molecular weight is 218 g/mol. The molecule has 1 atom stereocenters. The standard InChI is InChI=1S/C9H6ClF2NO/c10-7(5-13)6-3-1-2-4-8(6)14-9(11)12/h1-4,7,9H. The van der Waals surface area contributed by atoms with Crippen LogP contribution >= 0.6 is 11.6 Å². The van der Waals surface area contributed by atoms with Crippen LogP contribution in [0.5, 0.6) is 5.75 Å². The van der Waals surface area contributed by atoms with Crippen LogP contribution in [-0.2, 0) is 0 Å². The van der Waals surface area contributed by atoms with Gasteiger partial charge in [0.05, 0.1) is 6.07 Å². The van der Waals surface area contributed by atoms with E-state index >= 15 is 0 Å². The van der Waals surface area contributed by atoms with E-state index in [4.69, 9.17) is 16.9 Å². The van der Waals surface area contributed by atoms with Crippen LogP contribution in [-0.4, -0.2) is 6.61 Å². The normalized spacial score (nSPS) is 12.2. The van der Waals surface area contributed by atoms with Crippen molar-refractivity contribution < 1.29 is 13.5 Å². The zero-order valence-electron chi connectivity index (χ0n) is 6.95. The summed E-state index contributed by atoms with van der Waals surface area (Å²) >= 11 is 5.59. The molecule has 0 heterocycles. The largest absolute Gasteiger partial charge is 0.434 e. The Kier molecular flexibility index (Phi) is 3.66. The number of halogens is 3. The molecule has 0 aliphatic heterocycles. The summed E-state index contributed by atoms with van der Waals surface area (Å²) in [6.45, 7) is -2.92. The van der Waals surface area contributed by atoms with Gasteiger partial charge < -0.3 is 4.74 Å². The molecule has 1 aromatic rings. The van der Waals surface area contributed by atoms with Gasteiger partial charge in [-0.3, -0.25) is 0 Å². The number of para-hydroxylation sites is 1. The van der Waals surface area contributed by atoms with Gasteiger partial charge in [0, 0.05) is 5.56 Å². The van der Waals surface area contributed by atoms with Gasteiger partial charge >= 0.3 is 6.61 Å². The Labute approximate surface area is 84.7 Å². The van der Waals surface area contributed by atoms with Crippen LogP contribution < -0.4 is 4.74 Å². The second-order valence-corrected chi connectivity index (χ2v) is 2.84. The van der Waals surface area contributed by atoms with Crippen molar-refractivity contribution in [2.24, 2.45) is 0 Å². The van der Waals surface area contributed by atoms with Gasteiger partial charge in [-0.25, -0.2) is 0 Å². The predicted molar refractivity (Wildman–Crippen MR) is 47.3 cm³/mol. The highest BCUT2D eigenvalue weighted by Gasteiger charge is 2.14. The quantitative estimate of drug-likeness (QED) is 0.729. The zero-order chi connectivity index (χ0) is 10.6. The summed E-state index contributed by atoms with van der Waals surface area (Å²) in [7, 11) is 0. The molecule has 0 radical (unpaired) electrons. The Morgan fingerprint density at radius 3 is 2.57 bits per heavy atom. The van der Waals surface area contributed by atoms with Crippen molar-refractivity contribution in [3.8, 4) is 11.8 Å². The Morgan fingerprint density at radius 1 is 1.36 bits per heavy atom. The van der Waals surface area contributed by atoms with E-state index < -0.39 is 12.0 Å². The summed E-state index contributed by atoms with van der Waals surface area (Å²) < 4.78 is 28.0. The number of alkyl halides is 3. The molecule has 0 N–H and O–H groups in total. The Hall–Kier alpha value is -1.34. The van der Waals surface area contributed by atoms with Crippen molar-refractivity contribution in [3.05, 3.63) is 29.8 Å². The third-order valence-electron chi connectivity index (χ3n) is 1.52. The van der Waals surface area contributed by atoms with E-state index in [-0.39, 0.29) is 11.3 Å². The number of hydrogen-bond acceptors (Lipinski definition) is 2. The maximum Gasteiger partial charge on any atom is 0.387 e. The molecular formula is C9H6ClF2NO. The van der Waals surface area contributed by atoms with Crippen molar-refractivity contribution in [2.75, 3.05) is 0 Å². The molecule has 0 aromatic heterocycles. The van der Waals surface area contributed by atoms with Crippen LogP contribution in [0.25, 0.3) is 0 Å². The molecule has 0 saturated heterocycles. The third-order valence-corrected chi connectivity index (χ3v) is 1.85. The van der Waals surface area contributed by atoms with E-state index in [0.717, 1.165) is 0 Å². The number of nitriles is 1. The van der Waals surface area contributed by atoms with E-state index in [1.807, 2.05) is 0 Å². The van der Waals surface area contributed by atoms with Crippen LogP contribution in [0.2, 0.25) is 0 Å². The number of nitrogens with zero attached hydrogens (tertiary/aromatic N) is 1. The number of ether oxygens (including phenoxy) is 1. The first-order valence-electron chi connectivity index (χ1n) is 3.72. The van der Waals surface area contributed by atoms with Gasteiger partial charge in [0.2, 0.25) is 0 Å². The summed E-state index contributed by atoms with van der Waals surface area (Å²) in [6, 6.07) is 7.68. The van der Waals surface area contributed by atoms with Gasteiger partial charge in [-0.15, -0.1) is 11.6 Å². The lowest BCUT2D eigenvalue weighted by atomic mass is 10.1. The fourth-order valence-corrected chi connectivity index (χ4v) is 1.14. The summed E-state index contributed by atoms with van der Waals surface area (Å²) in [6.07, 6.45) is 0. The Balaban J connectivity index is 2.98. The summed E-state index contributed by atoms with van der Waals surface area (Å²) in [5, 5.41) is 7.54. The van der Waals surface area contributed by atoms with Crippen molar-refractivity contribution in [1.82, 2.24) is 0 Å². The summed E-state index contributed by atoms with van der Waals surface area (Å²) in [5.74, 6) is -0.0657. The number of rotatable bonds is 3. The monoisotopic (exact) mass is 217 g/mol. The van der Waals surface area contributed by atoms with E-state index in [9.17, 15) is 8.78 Å². The minimum Gasteiger partial charge on any atom is -0.434 e. The fourth-order valence-electron chi connectivity index (χ4n) is 0.963. The summed E-state index contributed by atoms with van der Waals surface area (Å²) in [5.41, 5.74) is 0.247. The minimum atomic E-state index is -2.92. The first-order valence-corrected chi connectivity index (χ1v) is 4.16. The fraction of sp³-hybridized carbons (Fsp3) is 0.222. The van der Waals surface area contributed by atoms with Crippen molar-refractivity contribution in [2.45, 2.75) is 12.0 Å². The molecule has 0 saturated carbocycles.